The second-order valence-electron chi connectivity index (χ2n) is 6.86. The van der Waals surface area contributed by atoms with Crippen LogP contribution < -0.4 is 10.1 Å². The molecule has 7 nitrogen and oxygen atoms in total. The van der Waals surface area contributed by atoms with Gasteiger partial charge in [-0.2, -0.15) is 4.99 Å². The molecular weight excluding hydrogens is 402 g/mol. The first kappa shape index (κ1) is 21.4. The van der Waals surface area contributed by atoms with Crippen molar-refractivity contribution in [1.29, 1.82) is 0 Å². The third-order valence-electron chi connectivity index (χ3n) is 4.55. The van der Waals surface area contributed by atoms with Crippen molar-refractivity contribution in [1.82, 2.24) is 4.57 Å². The average Bonchev–Trinajstić information content (AvgIpc) is 2.99. The highest BCUT2D eigenvalue weighted by Gasteiger charge is 2.14. The van der Waals surface area contributed by atoms with E-state index >= 15 is 0 Å². The summed E-state index contributed by atoms with van der Waals surface area (Å²) < 4.78 is 7.53. The molecule has 0 radical (unpaired) electrons. The van der Waals surface area contributed by atoms with Crippen molar-refractivity contribution >= 4 is 45.0 Å². The molecule has 0 aliphatic carbocycles. The van der Waals surface area contributed by atoms with Gasteiger partial charge in [0.15, 0.2) is 4.80 Å². The van der Waals surface area contributed by atoms with Crippen LogP contribution in [0.2, 0.25) is 0 Å². The van der Waals surface area contributed by atoms with Crippen molar-refractivity contribution < 1.29 is 19.1 Å². The average molecular weight is 426 g/mol. The number of hydrogen-bond acceptors (Lipinski definition) is 5. The van der Waals surface area contributed by atoms with Gasteiger partial charge in [0, 0.05) is 18.2 Å². The number of carbonyl (C=O) groups is 3. The first-order chi connectivity index (χ1) is 14.3. The van der Waals surface area contributed by atoms with Gasteiger partial charge in [-0.25, -0.2) is 0 Å². The topological polar surface area (TPSA) is 89.8 Å². The Hall–Kier alpha value is -3.26. The van der Waals surface area contributed by atoms with Gasteiger partial charge in [0.25, 0.3) is 5.91 Å². The summed E-state index contributed by atoms with van der Waals surface area (Å²) in [5.74, 6) is -0.979. The summed E-state index contributed by atoms with van der Waals surface area (Å²) in [6, 6.07) is 10.8. The molecule has 0 aliphatic rings. The van der Waals surface area contributed by atoms with E-state index in [1.54, 1.807) is 41.8 Å². The molecule has 1 N–H and O–H groups in total. The number of nitrogens with one attached hydrogen (secondary N) is 1. The van der Waals surface area contributed by atoms with E-state index in [0.29, 0.717) is 16.1 Å². The third-order valence-corrected chi connectivity index (χ3v) is 5.59. The van der Waals surface area contributed by atoms with Gasteiger partial charge in [-0.1, -0.05) is 17.4 Å². The summed E-state index contributed by atoms with van der Waals surface area (Å²) in [4.78, 5) is 41.0. The number of thiazole rings is 1. The lowest BCUT2D eigenvalue weighted by Crippen LogP contribution is -2.23. The molecule has 0 spiro atoms. The van der Waals surface area contributed by atoms with Crippen LogP contribution in [0, 0.1) is 13.8 Å². The van der Waals surface area contributed by atoms with E-state index in [9.17, 15) is 14.4 Å². The number of ether oxygens (including phenoxy) is 1. The smallest absolute Gasteiger partial charge is 0.326 e. The van der Waals surface area contributed by atoms with Gasteiger partial charge >= 0.3 is 5.97 Å². The molecule has 8 heteroatoms. The summed E-state index contributed by atoms with van der Waals surface area (Å²) in [6.45, 7) is 7.29. The first-order valence-corrected chi connectivity index (χ1v) is 10.3. The maximum atomic E-state index is 12.8. The maximum Gasteiger partial charge on any atom is 0.326 e. The van der Waals surface area contributed by atoms with Gasteiger partial charge in [-0.15, -0.1) is 0 Å². The molecule has 0 fully saturated rings. The monoisotopic (exact) mass is 425 g/mol. The van der Waals surface area contributed by atoms with E-state index < -0.39 is 5.97 Å². The van der Waals surface area contributed by atoms with Crippen molar-refractivity contribution in [2.24, 2.45) is 4.99 Å². The van der Waals surface area contributed by atoms with Gasteiger partial charge < -0.3 is 14.6 Å². The van der Waals surface area contributed by atoms with E-state index in [4.69, 9.17) is 4.74 Å². The Morgan fingerprint density at radius 1 is 1.10 bits per heavy atom. The van der Waals surface area contributed by atoms with Crippen LogP contribution in [0.25, 0.3) is 10.2 Å². The van der Waals surface area contributed by atoms with E-state index in [-0.39, 0.29) is 25.0 Å². The normalized spacial score (nSPS) is 11.5. The molecule has 2 amide bonds. The number of benzene rings is 2. The number of fused-ring (bicyclic) bond motifs is 1. The number of aryl methyl sites for hydroxylation is 2. The Morgan fingerprint density at radius 3 is 2.53 bits per heavy atom. The summed E-state index contributed by atoms with van der Waals surface area (Å²) in [6.07, 6.45) is 0. The fourth-order valence-corrected chi connectivity index (χ4v) is 4.02. The molecule has 0 unspecified atom stereocenters. The van der Waals surface area contributed by atoms with Crippen molar-refractivity contribution in [2.75, 3.05) is 11.9 Å². The number of rotatable bonds is 5. The lowest BCUT2D eigenvalue weighted by molar-refractivity contribution is -0.143. The third kappa shape index (κ3) is 4.83. The first-order valence-electron chi connectivity index (χ1n) is 9.51. The van der Waals surface area contributed by atoms with Crippen LogP contribution in [-0.2, 0) is 20.9 Å². The molecule has 3 aromatic rings. The summed E-state index contributed by atoms with van der Waals surface area (Å²) in [5, 5.41) is 2.73. The van der Waals surface area contributed by atoms with Crippen LogP contribution >= 0.6 is 11.3 Å². The van der Waals surface area contributed by atoms with Gasteiger partial charge in [-0.05, 0) is 62.2 Å². The molecule has 0 saturated carbocycles. The molecule has 0 atom stereocenters. The quantitative estimate of drug-likeness (QED) is 0.633. The van der Waals surface area contributed by atoms with Crippen LogP contribution in [0.15, 0.2) is 41.4 Å². The van der Waals surface area contributed by atoms with Gasteiger partial charge in [-0.3, -0.25) is 14.4 Å². The molecule has 156 valence electrons. The Labute approximate surface area is 178 Å². The van der Waals surface area contributed by atoms with Crippen LogP contribution in [0.5, 0.6) is 0 Å². The molecule has 2 aromatic carbocycles. The second-order valence-corrected chi connectivity index (χ2v) is 7.86. The van der Waals surface area contributed by atoms with Crippen LogP contribution in [-0.4, -0.2) is 29.0 Å². The van der Waals surface area contributed by atoms with Crippen LogP contribution in [0.4, 0.5) is 5.69 Å². The number of aromatic nitrogens is 1. The number of carbonyl (C=O) groups excluding carboxylic acids is 3. The molecule has 1 aromatic heterocycles. The minimum atomic E-state index is -0.414. The predicted octanol–water partition coefficient (Wildman–Crippen LogP) is 3.58. The second kappa shape index (κ2) is 9.04. The highest BCUT2D eigenvalue weighted by molar-refractivity contribution is 7.16. The number of anilines is 1. The zero-order valence-electron chi connectivity index (χ0n) is 17.3. The molecule has 30 heavy (non-hydrogen) atoms. The lowest BCUT2D eigenvalue weighted by Gasteiger charge is -2.06. The van der Waals surface area contributed by atoms with Crippen molar-refractivity contribution in [3.05, 3.63) is 57.9 Å². The Bertz CT molecular complexity index is 1210. The molecular formula is C22H23N3O4S. The summed E-state index contributed by atoms with van der Waals surface area (Å²) in [7, 11) is 0. The number of hydrogen-bond donors (Lipinski definition) is 1. The SMILES string of the molecule is CCOC(=O)Cn1c(=NC(=O)c2ccc(C)c(C)c2)sc2cc(NC(C)=O)ccc21. The van der Waals surface area contributed by atoms with Crippen LogP contribution in [0.3, 0.4) is 0 Å². The van der Waals surface area contributed by atoms with E-state index in [0.717, 1.165) is 21.3 Å². The van der Waals surface area contributed by atoms with Crippen molar-refractivity contribution in [3.63, 3.8) is 0 Å². The van der Waals surface area contributed by atoms with Gasteiger partial charge in [0.1, 0.15) is 6.54 Å². The number of amides is 2. The Balaban J connectivity index is 2.10. The largest absolute Gasteiger partial charge is 0.465 e. The van der Waals surface area contributed by atoms with E-state index in [1.807, 2.05) is 19.9 Å². The minimum absolute atomic E-state index is 0.0631. The Morgan fingerprint density at radius 2 is 1.87 bits per heavy atom. The summed E-state index contributed by atoms with van der Waals surface area (Å²) in [5.41, 5.74) is 3.94. The molecule has 0 aliphatic heterocycles. The molecule has 3 rings (SSSR count). The van der Waals surface area contributed by atoms with Gasteiger partial charge in [0.2, 0.25) is 5.91 Å². The molecule has 0 bridgehead atoms. The lowest BCUT2D eigenvalue weighted by atomic mass is 10.1. The minimum Gasteiger partial charge on any atom is -0.465 e. The van der Waals surface area contributed by atoms with Crippen molar-refractivity contribution in [3.8, 4) is 0 Å². The fourth-order valence-electron chi connectivity index (χ4n) is 2.95. The van der Waals surface area contributed by atoms with E-state index in [1.165, 1.54) is 18.3 Å². The highest BCUT2D eigenvalue weighted by Crippen LogP contribution is 2.22. The molecule has 0 saturated heterocycles. The molecule has 1 heterocycles. The maximum absolute atomic E-state index is 12.8. The fraction of sp³-hybridized carbons (Fsp3) is 0.273. The highest BCUT2D eigenvalue weighted by atomic mass is 32.1. The number of esters is 1. The summed E-state index contributed by atoms with van der Waals surface area (Å²) >= 11 is 1.27. The standard InChI is InChI=1S/C22H23N3O4S/c1-5-29-20(27)12-25-18-9-8-17(23-15(4)26)11-19(18)30-22(25)24-21(28)16-7-6-13(2)14(3)10-16/h6-11H,5,12H2,1-4H3,(H,23,26). The van der Waals surface area contributed by atoms with E-state index in [2.05, 4.69) is 10.3 Å². The predicted molar refractivity (Wildman–Crippen MR) is 117 cm³/mol. The van der Waals surface area contributed by atoms with Crippen LogP contribution in [0.1, 0.15) is 35.3 Å². The van der Waals surface area contributed by atoms with Crippen molar-refractivity contribution in [2.45, 2.75) is 34.2 Å². The number of nitrogens with zero attached hydrogens (tertiary/aromatic N) is 2. The van der Waals surface area contributed by atoms with Gasteiger partial charge in [0.05, 0.1) is 16.8 Å². The zero-order valence-corrected chi connectivity index (χ0v) is 18.1. The Kier molecular flexibility index (Phi) is 6.47. The zero-order chi connectivity index (χ0) is 21.8.